The molecule has 0 atom stereocenters. The first-order chi connectivity index (χ1) is 18.4. The van der Waals surface area contributed by atoms with Crippen LogP contribution in [-0.2, 0) is 31.8 Å². The van der Waals surface area contributed by atoms with E-state index in [0.29, 0.717) is 18.8 Å². The van der Waals surface area contributed by atoms with Crippen LogP contribution in [0.5, 0.6) is 0 Å². The third-order valence-corrected chi connectivity index (χ3v) is 7.78. The van der Waals surface area contributed by atoms with E-state index in [0.717, 1.165) is 23.1 Å². The number of carbonyl (C=O) groups is 3. The van der Waals surface area contributed by atoms with Gasteiger partial charge in [0.25, 0.3) is 5.91 Å². The Labute approximate surface area is 221 Å². The van der Waals surface area contributed by atoms with Crippen molar-refractivity contribution in [3.05, 3.63) is 65.0 Å². The highest BCUT2D eigenvalue weighted by atomic mass is 19.4. The Morgan fingerprint density at radius 3 is 2.36 bits per heavy atom. The topological polar surface area (TPSA) is 93.9 Å². The van der Waals surface area contributed by atoms with Crippen LogP contribution in [0.25, 0.3) is 0 Å². The number of likely N-dealkylation sites (N-methyl/N-ethyl adjacent to an activating group) is 1. The fourth-order valence-corrected chi connectivity index (χ4v) is 5.35. The summed E-state index contributed by atoms with van der Waals surface area (Å²) in [5.41, 5.74) is -2.07. The van der Waals surface area contributed by atoms with Gasteiger partial charge in [0.1, 0.15) is 17.9 Å². The summed E-state index contributed by atoms with van der Waals surface area (Å²) in [4.78, 5) is 44.3. The van der Waals surface area contributed by atoms with Gasteiger partial charge in [0.15, 0.2) is 0 Å². The van der Waals surface area contributed by atoms with Crippen LogP contribution in [-0.4, -0.2) is 65.9 Å². The highest BCUT2D eigenvalue weighted by molar-refractivity contribution is 6.10. The molecular weight excluding hydrogens is 520 g/mol. The molecule has 2 aliphatic heterocycles. The number of nitriles is 1. The minimum absolute atomic E-state index is 0.0106. The van der Waals surface area contributed by atoms with E-state index in [1.54, 1.807) is 11.9 Å². The maximum atomic E-state index is 14.9. The summed E-state index contributed by atoms with van der Waals surface area (Å²) in [5.74, 6) is -2.75. The molecular formula is C27H24F4N4O4. The van der Waals surface area contributed by atoms with Gasteiger partial charge in [-0.1, -0.05) is 12.1 Å². The number of piperazine rings is 1. The van der Waals surface area contributed by atoms with Crippen molar-refractivity contribution in [3.8, 4) is 6.07 Å². The van der Waals surface area contributed by atoms with E-state index in [9.17, 15) is 31.9 Å². The van der Waals surface area contributed by atoms with Crippen LogP contribution in [0.4, 0.5) is 23.2 Å². The molecule has 1 saturated carbocycles. The van der Waals surface area contributed by atoms with Gasteiger partial charge in [-0.2, -0.15) is 18.4 Å². The zero-order valence-electron chi connectivity index (χ0n) is 20.9. The van der Waals surface area contributed by atoms with Crippen LogP contribution in [0.15, 0.2) is 42.5 Å². The Balaban J connectivity index is 1.45. The number of benzene rings is 2. The van der Waals surface area contributed by atoms with E-state index < -0.39 is 47.4 Å². The van der Waals surface area contributed by atoms with Gasteiger partial charge in [-0.05, 0) is 48.7 Å². The number of amides is 3. The highest BCUT2D eigenvalue weighted by Crippen LogP contribution is 2.48. The summed E-state index contributed by atoms with van der Waals surface area (Å²) < 4.78 is 59.1. The smallest absolute Gasteiger partial charge is 0.377 e. The Bertz CT molecular complexity index is 1360. The minimum atomic E-state index is -4.53. The number of alkyl halides is 3. The van der Waals surface area contributed by atoms with Crippen molar-refractivity contribution in [3.63, 3.8) is 0 Å². The molecule has 12 heteroatoms. The summed E-state index contributed by atoms with van der Waals surface area (Å²) >= 11 is 0. The summed E-state index contributed by atoms with van der Waals surface area (Å²) in [6.07, 6.45) is -4.55. The van der Waals surface area contributed by atoms with Crippen LogP contribution in [0.1, 0.15) is 29.5 Å². The van der Waals surface area contributed by atoms with Crippen molar-refractivity contribution in [1.82, 2.24) is 9.80 Å². The molecule has 3 fully saturated rings. The number of anilines is 1. The quantitative estimate of drug-likeness (QED) is 0.540. The van der Waals surface area contributed by atoms with Crippen LogP contribution in [0.2, 0.25) is 0 Å². The molecule has 39 heavy (non-hydrogen) atoms. The summed E-state index contributed by atoms with van der Waals surface area (Å²) in [5, 5.41) is 9.05. The molecule has 2 saturated heterocycles. The molecule has 1 spiro atoms. The molecule has 3 amide bonds. The van der Waals surface area contributed by atoms with Gasteiger partial charge in [0, 0.05) is 19.5 Å². The number of ether oxygens (including phenoxy) is 1. The third-order valence-electron chi connectivity index (χ3n) is 7.78. The molecule has 0 N–H and O–H groups in total. The summed E-state index contributed by atoms with van der Waals surface area (Å²) in [6, 6.07) is 9.58. The summed E-state index contributed by atoms with van der Waals surface area (Å²) in [7, 11) is 1.65. The average Bonchev–Trinajstić information content (AvgIpc) is 2.83. The SMILES string of the molecule is CN(C(=O)[C@H]1C[C@]2(C1)C(=O)N(c1ccc(C#N)cc1F)CC(=O)N2Cc1ccc(C(F)(F)F)cc1)C1COC1. The van der Waals surface area contributed by atoms with Gasteiger partial charge in [-0.25, -0.2) is 4.39 Å². The number of nitrogens with zero attached hydrogens (tertiary/aromatic N) is 4. The van der Waals surface area contributed by atoms with Crippen molar-refractivity contribution in [2.75, 3.05) is 31.7 Å². The number of halogens is 4. The predicted molar refractivity (Wildman–Crippen MR) is 128 cm³/mol. The van der Waals surface area contributed by atoms with Gasteiger partial charge < -0.3 is 14.5 Å². The molecule has 0 bridgehead atoms. The molecule has 204 valence electrons. The lowest BCUT2D eigenvalue weighted by molar-refractivity contribution is -0.170. The first-order valence-electron chi connectivity index (χ1n) is 12.3. The van der Waals surface area contributed by atoms with E-state index in [2.05, 4.69) is 0 Å². The molecule has 2 heterocycles. The van der Waals surface area contributed by atoms with Crippen molar-refractivity contribution in [2.45, 2.75) is 37.1 Å². The van der Waals surface area contributed by atoms with E-state index in [4.69, 9.17) is 10.00 Å². The molecule has 2 aromatic rings. The lowest BCUT2D eigenvalue weighted by Crippen LogP contribution is -2.74. The molecule has 5 rings (SSSR count). The zero-order valence-corrected chi connectivity index (χ0v) is 20.9. The number of hydrogen-bond donors (Lipinski definition) is 0. The molecule has 0 radical (unpaired) electrons. The van der Waals surface area contributed by atoms with E-state index in [1.807, 2.05) is 6.07 Å². The van der Waals surface area contributed by atoms with Crippen molar-refractivity contribution < 1.29 is 36.7 Å². The molecule has 8 nitrogen and oxygen atoms in total. The van der Waals surface area contributed by atoms with Crippen molar-refractivity contribution in [2.24, 2.45) is 5.92 Å². The number of rotatable bonds is 5. The van der Waals surface area contributed by atoms with Gasteiger partial charge in [-0.15, -0.1) is 0 Å². The second-order valence-corrected chi connectivity index (χ2v) is 10.1. The standard InChI is InChI=1S/C27H24F4N4O4/c1-33(20-14-39-15-20)24(37)18-9-26(10-18)25(38)34(22-7-4-17(11-32)8-21(22)28)13-23(36)35(26)12-16-2-5-19(6-3-16)27(29,30)31/h2-8,18,20H,9-10,12-15H2,1H3/t18-,26-. The predicted octanol–water partition coefficient (Wildman–Crippen LogP) is 3.10. The maximum Gasteiger partial charge on any atom is 0.416 e. The van der Waals surface area contributed by atoms with Crippen LogP contribution < -0.4 is 4.90 Å². The average molecular weight is 545 g/mol. The second-order valence-electron chi connectivity index (χ2n) is 10.1. The fourth-order valence-electron chi connectivity index (χ4n) is 5.35. The lowest BCUT2D eigenvalue weighted by Gasteiger charge is -2.57. The monoisotopic (exact) mass is 544 g/mol. The first-order valence-corrected chi connectivity index (χ1v) is 12.3. The van der Waals surface area contributed by atoms with Gasteiger partial charge >= 0.3 is 6.18 Å². The zero-order chi connectivity index (χ0) is 28.1. The molecule has 3 aliphatic rings. The van der Waals surface area contributed by atoms with Crippen LogP contribution in [0, 0.1) is 23.1 Å². The fraction of sp³-hybridized carbons (Fsp3) is 0.407. The second kappa shape index (κ2) is 9.64. The Morgan fingerprint density at radius 1 is 1.15 bits per heavy atom. The van der Waals surface area contributed by atoms with Crippen molar-refractivity contribution >= 4 is 23.4 Å². The maximum absolute atomic E-state index is 14.9. The van der Waals surface area contributed by atoms with Crippen molar-refractivity contribution in [1.29, 1.82) is 5.26 Å². The van der Waals surface area contributed by atoms with Gasteiger partial charge in [-0.3, -0.25) is 19.3 Å². The van der Waals surface area contributed by atoms with Crippen LogP contribution in [0.3, 0.4) is 0 Å². The third kappa shape index (κ3) is 4.61. The number of hydrogen-bond acceptors (Lipinski definition) is 5. The normalized spacial score (nSPS) is 23.3. The highest BCUT2D eigenvalue weighted by Gasteiger charge is 2.62. The molecule has 0 aromatic heterocycles. The minimum Gasteiger partial charge on any atom is -0.377 e. The largest absolute Gasteiger partial charge is 0.416 e. The molecule has 1 aliphatic carbocycles. The Kier molecular flexibility index (Phi) is 6.58. The van der Waals surface area contributed by atoms with E-state index in [1.165, 1.54) is 29.2 Å². The lowest BCUT2D eigenvalue weighted by atomic mass is 9.64. The first kappa shape index (κ1) is 26.6. The van der Waals surface area contributed by atoms with Gasteiger partial charge in [0.05, 0.1) is 42.1 Å². The Morgan fingerprint density at radius 2 is 1.82 bits per heavy atom. The molecule has 0 unspecified atom stereocenters. The van der Waals surface area contributed by atoms with E-state index >= 15 is 0 Å². The van der Waals surface area contributed by atoms with Gasteiger partial charge in [0.2, 0.25) is 11.8 Å². The Hall–Kier alpha value is -3.98. The summed E-state index contributed by atoms with van der Waals surface area (Å²) in [6.45, 7) is 0.161. The van der Waals surface area contributed by atoms with E-state index in [-0.39, 0.29) is 42.6 Å². The number of carbonyl (C=O) groups excluding carboxylic acids is 3. The van der Waals surface area contributed by atoms with Crippen LogP contribution >= 0.6 is 0 Å². The molecule has 2 aromatic carbocycles.